The van der Waals surface area contributed by atoms with Gasteiger partial charge in [-0.3, -0.25) is 4.98 Å². The molecular weight excluding hydrogens is 222 g/mol. The molecule has 0 aliphatic heterocycles. The Morgan fingerprint density at radius 1 is 1.31 bits per heavy atom. The van der Waals surface area contributed by atoms with Crippen molar-refractivity contribution in [1.29, 1.82) is 0 Å². The second-order valence-electron chi connectivity index (χ2n) is 5.23. The van der Waals surface area contributed by atoms with Gasteiger partial charge in [-0.25, -0.2) is 4.98 Å². The summed E-state index contributed by atoms with van der Waals surface area (Å²) in [6.07, 6.45) is 4.34. The smallest absolute Gasteiger partial charge is 0.147 e. The number of hydrogen-bond donors (Lipinski definition) is 1. The van der Waals surface area contributed by atoms with E-state index in [4.69, 9.17) is 11.6 Å². The third kappa shape index (κ3) is 4.79. The summed E-state index contributed by atoms with van der Waals surface area (Å²) in [6.45, 7) is 9.22. The van der Waals surface area contributed by atoms with Gasteiger partial charge in [-0.05, 0) is 18.8 Å². The van der Waals surface area contributed by atoms with Crippen molar-refractivity contribution in [3.8, 4) is 0 Å². The monoisotopic (exact) mass is 241 g/mol. The maximum Gasteiger partial charge on any atom is 0.147 e. The molecule has 0 radical (unpaired) electrons. The lowest BCUT2D eigenvalue weighted by Crippen LogP contribution is -2.21. The standard InChI is InChI=1S/C12H20ClN3/c1-9-11(15-6-5-14-9)16-8-10(13)7-12(2,3)4/h5-6,10H,7-8H2,1-4H3,(H,15,16). The molecule has 1 aromatic rings. The summed E-state index contributed by atoms with van der Waals surface area (Å²) in [5, 5.41) is 3.34. The summed E-state index contributed by atoms with van der Waals surface area (Å²) in [6, 6.07) is 0. The minimum absolute atomic E-state index is 0.112. The number of aryl methyl sites for hydroxylation is 1. The second kappa shape index (κ2) is 5.48. The highest BCUT2D eigenvalue weighted by molar-refractivity contribution is 6.20. The van der Waals surface area contributed by atoms with E-state index in [1.54, 1.807) is 12.4 Å². The molecule has 0 aromatic carbocycles. The van der Waals surface area contributed by atoms with Gasteiger partial charge in [-0.2, -0.15) is 0 Å². The van der Waals surface area contributed by atoms with Crippen molar-refractivity contribution in [3.63, 3.8) is 0 Å². The molecule has 1 atom stereocenters. The number of nitrogens with one attached hydrogen (secondary N) is 1. The Morgan fingerprint density at radius 3 is 2.50 bits per heavy atom. The largest absolute Gasteiger partial charge is 0.367 e. The number of halogens is 1. The summed E-state index contributed by atoms with van der Waals surface area (Å²) in [4.78, 5) is 8.38. The molecule has 1 aromatic heterocycles. The normalized spacial score (nSPS) is 13.6. The average Bonchev–Trinajstić information content (AvgIpc) is 2.14. The number of alkyl halides is 1. The third-order valence-electron chi connectivity index (χ3n) is 2.21. The van der Waals surface area contributed by atoms with Crippen LogP contribution in [0.4, 0.5) is 5.82 Å². The van der Waals surface area contributed by atoms with Gasteiger partial charge in [0.25, 0.3) is 0 Å². The molecule has 3 nitrogen and oxygen atoms in total. The molecule has 90 valence electrons. The van der Waals surface area contributed by atoms with Crippen LogP contribution in [0, 0.1) is 12.3 Å². The van der Waals surface area contributed by atoms with E-state index >= 15 is 0 Å². The molecule has 1 N–H and O–H groups in total. The Balaban J connectivity index is 2.43. The lowest BCUT2D eigenvalue weighted by atomic mass is 9.90. The van der Waals surface area contributed by atoms with Crippen molar-refractivity contribution in [2.24, 2.45) is 5.41 Å². The van der Waals surface area contributed by atoms with Crippen molar-refractivity contribution in [3.05, 3.63) is 18.1 Å². The van der Waals surface area contributed by atoms with E-state index in [2.05, 4.69) is 36.1 Å². The maximum absolute atomic E-state index is 6.26. The fourth-order valence-corrected chi connectivity index (χ4v) is 2.07. The van der Waals surface area contributed by atoms with E-state index < -0.39 is 0 Å². The molecule has 0 fully saturated rings. The maximum atomic E-state index is 6.26. The number of hydrogen-bond acceptors (Lipinski definition) is 3. The van der Waals surface area contributed by atoms with E-state index in [1.165, 1.54) is 0 Å². The molecule has 0 spiro atoms. The summed E-state index contributed by atoms with van der Waals surface area (Å²) < 4.78 is 0. The molecule has 1 heterocycles. The molecule has 0 saturated heterocycles. The van der Waals surface area contributed by atoms with Gasteiger partial charge < -0.3 is 5.32 Å². The van der Waals surface area contributed by atoms with Crippen LogP contribution >= 0.6 is 11.6 Å². The topological polar surface area (TPSA) is 37.8 Å². The SMILES string of the molecule is Cc1nccnc1NCC(Cl)CC(C)(C)C. The van der Waals surface area contributed by atoms with Crippen molar-refractivity contribution >= 4 is 17.4 Å². The zero-order valence-electron chi connectivity index (χ0n) is 10.4. The van der Waals surface area contributed by atoms with Gasteiger partial charge in [0, 0.05) is 18.9 Å². The van der Waals surface area contributed by atoms with Gasteiger partial charge in [0.05, 0.1) is 11.1 Å². The van der Waals surface area contributed by atoms with Gasteiger partial charge >= 0.3 is 0 Å². The van der Waals surface area contributed by atoms with Crippen LogP contribution < -0.4 is 5.32 Å². The van der Waals surface area contributed by atoms with Gasteiger partial charge in [0.15, 0.2) is 0 Å². The Morgan fingerprint density at radius 2 is 1.94 bits per heavy atom. The zero-order valence-corrected chi connectivity index (χ0v) is 11.2. The number of nitrogens with zero attached hydrogens (tertiary/aromatic N) is 2. The van der Waals surface area contributed by atoms with Crippen LogP contribution in [0.5, 0.6) is 0 Å². The second-order valence-corrected chi connectivity index (χ2v) is 5.85. The molecule has 0 bridgehead atoms. The highest BCUT2D eigenvalue weighted by Crippen LogP contribution is 2.23. The van der Waals surface area contributed by atoms with Gasteiger partial charge in [-0.1, -0.05) is 20.8 Å². The predicted molar refractivity (Wildman–Crippen MR) is 69.0 cm³/mol. The van der Waals surface area contributed by atoms with Gasteiger partial charge in [-0.15, -0.1) is 11.6 Å². The predicted octanol–water partition coefficient (Wildman–Crippen LogP) is 3.24. The third-order valence-corrected chi connectivity index (χ3v) is 2.51. The summed E-state index contributed by atoms with van der Waals surface area (Å²) in [5.74, 6) is 0.821. The van der Waals surface area contributed by atoms with Gasteiger partial charge in [0.2, 0.25) is 0 Å². The first-order valence-corrected chi connectivity index (χ1v) is 5.98. The van der Waals surface area contributed by atoms with Crippen molar-refractivity contribution < 1.29 is 0 Å². The van der Waals surface area contributed by atoms with E-state index in [0.717, 1.165) is 24.5 Å². The molecular formula is C12H20ClN3. The Labute approximate surface area is 103 Å². The summed E-state index contributed by atoms with van der Waals surface area (Å²) in [7, 11) is 0. The lowest BCUT2D eigenvalue weighted by Gasteiger charge is -2.22. The van der Waals surface area contributed by atoms with Gasteiger partial charge in [0.1, 0.15) is 5.82 Å². The Hall–Kier alpha value is -0.830. The molecule has 0 aliphatic carbocycles. The lowest BCUT2D eigenvalue weighted by molar-refractivity contribution is 0.373. The quantitative estimate of drug-likeness (QED) is 0.823. The number of anilines is 1. The van der Waals surface area contributed by atoms with E-state index in [1.807, 2.05) is 6.92 Å². The van der Waals surface area contributed by atoms with Crippen LogP contribution in [0.2, 0.25) is 0 Å². The van der Waals surface area contributed by atoms with Crippen LogP contribution in [-0.4, -0.2) is 21.9 Å². The first kappa shape index (κ1) is 13.2. The number of aromatic nitrogens is 2. The molecule has 1 rings (SSSR count). The molecule has 0 saturated carbocycles. The fourth-order valence-electron chi connectivity index (χ4n) is 1.53. The zero-order chi connectivity index (χ0) is 12.2. The number of rotatable bonds is 4. The molecule has 0 aliphatic rings. The Bertz CT molecular complexity index is 333. The molecule has 0 amide bonds. The summed E-state index contributed by atoms with van der Waals surface area (Å²) in [5.41, 5.74) is 1.16. The van der Waals surface area contributed by atoms with Crippen molar-refractivity contribution in [2.45, 2.75) is 39.5 Å². The van der Waals surface area contributed by atoms with E-state index in [-0.39, 0.29) is 10.8 Å². The van der Waals surface area contributed by atoms with Crippen LogP contribution in [0.1, 0.15) is 32.9 Å². The minimum Gasteiger partial charge on any atom is -0.367 e. The first-order chi connectivity index (χ1) is 7.38. The van der Waals surface area contributed by atoms with Crippen molar-refractivity contribution in [2.75, 3.05) is 11.9 Å². The fraction of sp³-hybridized carbons (Fsp3) is 0.667. The van der Waals surface area contributed by atoms with Crippen LogP contribution in [0.15, 0.2) is 12.4 Å². The highest BCUT2D eigenvalue weighted by Gasteiger charge is 2.16. The van der Waals surface area contributed by atoms with E-state index in [9.17, 15) is 0 Å². The van der Waals surface area contributed by atoms with Crippen LogP contribution in [-0.2, 0) is 0 Å². The van der Waals surface area contributed by atoms with Crippen LogP contribution in [0.25, 0.3) is 0 Å². The molecule has 1 unspecified atom stereocenters. The molecule has 16 heavy (non-hydrogen) atoms. The summed E-state index contributed by atoms with van der Waals surface area (Å²) >= 11 is 6.26. The first-order valence-electron chi connectivity index (χ1n) is 5.54. The van der Waals surface area contributed by atoms with E-state index in [0.29, 0.717) is 0 Å². The van der Waals surface area contributed by atoms with Crippen LogP contribution in [0.3, 0.4) is 0 Å². The average molecular weight is 242 g/mol. The van der Waals surface area contributed by atoms with Crippen molar-refractivity contribution in [1.82, 2.24) is 9.97 Å². The highest BCUT2D eigenvalue weighted by atomic mass is 35.5. The molecule has 4 heteroatoms. The minimum atomic E-state index is 0.112. The Kier molecular flexibility index (Phi) is 4.54.